The lowest BCUT2D eigenvalue weighted by Gasteiger charge is -2.26. The predicted molar refractivity (Wildman–Crippen MR) is 63.4 cm³/mol. The average Bonchev–Trinajstić information content (AvgIpc) is 2.00. The molecule has 90 valence electrons. The highest BCUT2D eigenvalue weighted by Gasteiger charge is 2.19. The number of carbonyl (C=O) groups is 1. The molecule has 0 aliphatic rings. The van der Waals surface area contributed by atoms with Crippen LogP contribution in [0.3, 0.4) is 0 Å². The second-order valence-electron chi connectivity index (χ2n) is 4.81. The minimum atomic E-state index is -0.936. The quantitative estimate of drug-likeness (QED) is 0.689. The molecule has 0 aliphatic heterocycles. The second-order valence-corrected chi connectivity index (χ2v) is 5.34. The molecule has 0 aromatic heterocycles. The van der Waals surface area contributed by atoms with Crippen molar-refractivity contribution in [1.82, 2.24) is 4.90 Å². The molecule has 3 nitrogen and oxygen atoms in total. The Bertz CT molecular complexity index is 185. The van der Waals surface area contributed by atoms with Gasteiger partial charge in [0.25, 0.3) is 0 Å². The fourth-order valence-electron chi connectivity index (χ4n) is 1.56. The van der Waals surface area contributed by atoms with E-state index in [9.17, 15) is 4.79 Å². The van der Waals surface area contributed by atoms with Crippen molar-refractivity contribution in [2.75, 3.05) is 19.6 Å². The maximum atomic E-state index is 10.6. The Morgan fingerprint density at radius 2 is 1.53 bits per heavy atom. The van der Waals surface area contributed by atoms with Gasteiger partial charge >= 0.3 is 5.97 Å². The maximum absolute atomic E-state index is 10.6. The Balaban J connectivity index is 4.17. The summed E-state index contributed by atoms with van der Waals surface area (Å²) in [4.78, 5) is 12.8. The first-order valence-corrected chi connectivity index (χ1v) is 5.85. The van der Waals surface area contributed by atoms with Crippen molar-refractivity contribution in [2.45, 2.75) is 33.1 Å². The van der Waals surface area contributed by atoms with E-state index in [1.165, 1.54) is 0 Å². The van der Waals surface area contributed by atoms with Gasteiger partial charge in [0.2, 0.25) is 0 Å². The topological polar surface area (TPSA) is 40.5 Å². The van der Waals surface area contributed by atoms with Crippen molar-refractivity contribution < 1.29 is 9.90 Å². The van der Waals surface area contributed by atoms with Crippen molar-refractivity contribution in [3.05, 3.63) is 0 Å². The zero-order chi connectivity index (χ0) is 12.0. The smallest absolute Gasteiger partial charge is 0.322 e. The van der Waals surface area contributed by atoms with Crippen LogP contribution in [0.5, 0.6) is 0 Å². The van der Waals surface area contributed by atoms with Gasteiger partial charge in [-0.1, -0.05) is 27.7 Å². The predicted octanol–water partition coefficient (Wildman–Crippen LogP) is 2.29. The third-order valence-electron chi connectivity index (χ3n) is 1.93. The Morgan fingerprint density at radius 1 is 1.13 bits per heavy atom. The number of halogens is 1. The van der Waals surface area contributed by atoms with Crippen LogP contribution in [-0.2, 0) is 4.79 Å². The van der Waals surface area contributed by atoms with Crippen LogP contribution in [-0.4, -0.2) is 41.0 Å². The normalized spacial score (nSPS) is 13.9. The molecule has 0 heterocycles. The van der Waals surface area contributed by atoms with Crippen molar-refractivity contribution in [1.29, 1.82) is 0 Å². The van der Waals surface area contributed by atoms with Crippen molar-refractivity contribution in [3.63, 3.8) is 0 Å². The molecular formula is C11H22ClNO2. The van der Waals surface area contributed by atoms with Crippen molar-refractivity contribution >= 4 is 17.6 Å². The van der Waals surface area contributed by atoms with Crippen LogP contribution < -0.4 is 0 Å². The summed E-state index contributed by atoms with van der Waals surface area (Å²) in [6.45, 7) is 10.7. The molecule has 0 fully saturated rings. The lowest BCUT2D eigenvalue weighted by Crippen LogP contribution is -2.38. The van der Waals surface area contributed by atoms with Crippen LogP contribution in [0.4, 0.5) is 0 Å². The third-order valence-corrected chi connectivity index (χ3v) is 2.26. The van der Waals surface area contributed by atoms with Gasteiger partial charge in [0.15, 0.2) is 0 Å². The molecule has 0 aromatic carbocycles. The lowest BCUT2D eigenvalue weighted by molar-refractivity contribution is -0.137. The first-order valence-electron chi connectivity index (χ1n) is 5.42. The molecule has 0 saturated heterocycles. The number of hydrogen-bond acceptors (Lipinski definition) is 2. The van der Waals surface area contributed by atoms with Crippen LogP contribution in [0, 0.1) is 11.8 Å². The maximum Gasteiger partial charge on any atom is 0.322 e. The van der Waals surface area contributed by atoms with Gasteiger partial charge < -0.3 is 10.0 Å². The van der Waals surface area contributed by atoms with Crippen LogP contribution in [0.25, 0.3) is 0 Å². The molecule has 0 aliphatic carbocycles. The first kappa shape index (κ1) is 14.7. The zero-order valence-electron chi connectivity index (χ0n) is 10.0. The highest BCUT2D eigenvalue weighted by atomic mass is 35.5. The molecule has 1 atom stereocenters. The zero-order valence-corrected chi connectivity index (χ0v) is 10.8. The number of aliphatic carboxylic acids is 1. The van der Waals surface area contributed by atoms with Crippen LogP contribution in [0.1, 0.15) is 27.7 Å². The summed E-state index contributed by atoms with van der Waals surface area (Å²) < 4.78 is 0. The van der Waals surface area contributed by atoms with Gasteiger partial charge in [-0.05, 0) is 11.8 Å². The van der Waals surface area contributed by atoms with Crippen molar-refractivity contribution in [3.8, 4) is 0 Å². The number of rotatable bonds is 7. The molecule has 1 N–H and O–H groups in total. The molecule has 0 spiro atoms. The fraction of sp³-hybridized carbons (Fsp3) is 0.909. The van der Waals surface area contributed by atoms with Gasteiger partial charge in [-0.15, -0.1) is 11.6 Å². The third kappa shape index (κ3) is 7.63. The van der Waals surface area contributed by atoms with Crippen LogP contribution in [0.15, 0.2) is 0 Å². The Hall–Kier alpha value is -0.280. The number of hydrogen-bond donors (Lipinski definition) is 1. The summed E-state index contributed by atoms with van der Waals surface area (Å²) in [5.74, 6) is 0.122. The van der Waals surface area contributed by atoms with Gasteiger partial charge in [0, 0.05) is 19.6 Å². The van der Waals surface area contributed by atoms with Gasteiger partial charge in [-0.3, -0.25) is 4.79 Å². The number of carboxylic acids is 1. The molecule has 0 bridgehead atoms. The Labute approximate surface area is 97.4 Å². The minimum absolute atomic E-state index is 0.424. The molecule has 1 unspecified atom stereocenters. The van der Waals surface area contributed by atoms with Gasteiger partial charge in [-0.25, -0.2) is 0 Å². The van der Waals surface area contributed by atoms with E-state index >= 15 is 0 Å². The van der Waals surface area contributed by atoms with E-state index in [0.29, 0.717) is 18.4 Å². The number of alkyl halides is 1. The summed E-state index contributed by atoms with van der Waals surface area (Å²) in [6.07, 6.45) is 0. The SMILES string of the molecule is CC(C)CN(CC(C)C)CC(Cl)C(=O)O. The van der Waals surface area contributed by atoms with Crippen molar-refractivity contribution in [2.24, 2.45) is 11.8 Å². The number of carboxylic acid groups (broad SMARTS) is 1. The standard InChI is InChI=1S/C11H22ClNO2/c1-8(2)5-13(6-9(3)4)7-10(12)11(14)15/h8-10H,5-7H2,1-4H3,(H,14,15). The largest absolute Gasteiger partial charge is 0.480 e. The first-order chi connectivity index (χ1) is 6.82. The second kappa shape index (κ2) is 7.07. The molecule has 0 amide bonds. The molecule has 0 aromatic rings. The summed E-state index contributed by atoms with van der Waals surface area (Å²) in [5, 5.41) is 7.94. The minimum Gasteiger partial charge on any atom is -0.480 e. The molecule has 4 heteroatoms. The molecular weight excluding hydrogens is 214 g/mol. The van der Waals surface area contributed by atoms with E-state index in [2.05, 4.69) is 32.6 Å². The fourth-order valence-corrected chi connectivity index (χ4v) is 1.76. The summed E-state index contributed by atoms with van der Waals surface area (Å²) in [5.41, 5.74) is 0. The van der Waals surface area contributed by atoms with E-state index in [0.717, 1.165) is 13.1 Å². The Kier molecular flexibility index (Phi) is 6.94. The summed E-state index contributed by atoms with van der Waals surface area (Å²) in [6, 6.07) is 0. The lowest BCUT2D eigenvalue weighted by atomic mass is 10.1. The Morgan fingerprint density at radius 3 is 1.80 bits per heavy atom. The van der Waals surface area contributed by atoms with Crippen LogP contribution in [0.2, 0.25) is 0 Å². The molecule has 0 saturated carbocycles. The summed E-state index contributed by atoms with van der Waals surface area (Å²) in [7, 11) is 0. The highest BCUT2D eigenvalue weighted by molar-refractivity contribution is 6.29. The summed E-state index contributed by atoms with van der Waals surface area (Å²) >= 11 is 5.74. The van der Waals surface area contributed by atoms with E-state index < -0.39 is 11.3 Å². The van der Waals surface area contributed by atoms with E-state index in [1.807, 2.05) is 0 Å². The van der Waals surface area contributed by atoms with E-state index in [4.69, 9.17) is 16.7 Å². The average molecular weight is 236 g/mol. The highest BCUT2D eigenvalue weighted by Crippen LogP contribution is 2.07. The van der Waals surface area contributed by atoms with Gasteiger partial charge in [0.1, 0.15) is 5.38 Å². The van der Waals surface area contributed by atoms with Gasteiger partial charge in [-0.2, -0.15) is 0 Å². The molecule has 15 heavy (non-hydrogen) atoms. The van der Waals surface area contributed by atoms with Gasteiger partial charge in [0.05, 0.1) is 0 Å². The van der Waals surface area contributed by atoms with E-state index in [1.54, 1.807) is 0 Å². The number of nitrogens with zero attached hydrogens (tertiary/aromatic N) is 1. The van der Waals surface area contributed by atoms with Crippen LogP contribution >= 0.6 is 11.6 Å². The molecule has 0 rings (SSSR count). The molecule has 0 radical (unpaired) electrons. The van der Waals surface area contributed by atoms with E-state index in [-0.39, 0.29) is 0 Å². The monoisotopic (exact) mass is 235 g/mol.